The van der Waals surface area contributed by atoms with E-state index in [0.717, 1.165) is 11.3 Å². The highest BCUT2D eigenvalue weighted by molar-refractivity contribution is 5.81. The third-order valence-electron chi connectivity index (χ3n) is 3.36. The Hall–Kier alpha value is -2.75. The Morgan fingerprint density at radius 2 is 1.87 bits per heavy atom. The van der Waals surface area contributed by atoms with E-state index in [1.54, 1.807) is 6.08 Å². The summed E-state index contributed by atoms with van der Waals surface area (Å²) < 4.78 is 5.56. The first-order valence-electron chi connectivity index (χ1n) is 7.61. The number of anilines is 1. The summed E-state index contributed by atoms with van der Waals surface area (Å²) in [5.74, 6) is 0.635. The molecule has 4 nitrogen and oxygen atoms in total. The highest BCUT2D eigenvalue weighted by Gasteiger charge is 2.10. The van der Waals surface area contributed by atoms with E-state index < -0.39 is 0 Å². The van der Waals surface area contributed by atoms with Crippen LogP contribution in [0.5, 0.6) is 5.75 Å². The summed E-state index contributed by atoms with van der Waals surface area (Å²) in [5.41, 5.74) is 1.87. The van der Waals surface area contributed by atoms with Gasteiger partial charge in [0, 0.05) is 0 Å². The van der Waals surface area contributed by atoms with Gasteiger partial charge in [0.1, 0.15) is 12.4 Å². The van der Waals surface area contributed by atoms with Gasteiger partial charge in [-0.15, -0.1) is 0 Å². The summed E-state index contributed by atoms with van der Waals surface area (Å²) in [5, 5.41) is 6.08. The average Bonchev–Trinajstić information content (AvgIpc) is 2.59. The number of rotatable bonds is 8. The Labute approximate surface area is 137 Å². The number of hydrogen-bond acceptors (Lipinski definition) is 3. The zero-order valence-electron chi connectivity index (χ0n) is 13.3. The molecule has 2 rings (SSSR count). The lowest BCUT2D eigenvalue weighted by Crippen LogP contribution is -2.32. The van der Waals surface area contributed by atoms with Gasteiger partial charge < -0.3 is 15.4 Å². The molecule has 0 radical (unpaired) electrons. The van der Waals surface area contributed by atoms with Crippen molar-refractivity contribution in [3.63, 3.8) is 0 Å². The number of carbonyl (C=O) groups is 1. The fourth-order valence-corrected chi connectivity index (χ4v) is 2.18. The minimum Gasteiger partial charge on any atom is -0.487 e. The van der Waals surface area contributed by atoms with Gasteiger partial charge in [-0.05, 0) is 24.6 Å². The van der Waals surface area contributed by atoms with Crippen LogP contribution in [0.4, 0.5) is 5.69 Å². The van der Waals surface area contributed by atoms with Crippen molar-refractivity contribution >= 4 is 11.6 Å². The third kappa shape index (κ3) is 5.18. The molecular formula is C19H22N2O2. The van der Waals surface area contributed by atoms with Gasteiger partial charge in [-0.2, -0.15) is 0 Å². The van der Waals surface area contributed by atoms with Crippen molar-refractivity contribution in [3.05, 3.63) is 72.8 Å². The van der Waals surface area contributed by atoms with Crippen LogP contribution >= 0.6 is 0 Å². The van der Waals surface area contributed by atoms with Crippen LogP contribution in [-0.2, 0) is 4.79 Å². The second-order valence-electron chi connectivity index (χ2n) is 5.15. The van der Waals surface area contributed by atoms with Crippen molar-refractivity contribution in [1.82, 2.24) is 5.32 Å². The molecule has 1 amide bonds. The lowest BCUT2D eigenvalue weighted by Gasteiger charge is -2.16. The molecule has 0 spiro atoms. The maximum absolute atomic E-state index is 12.1. The molecule has 0 aliphatic rings. The van der Waals surface area contributed by atoms with E-state index in [-0.39, 0.29) is 18.5 Å². The van der Waals surface area contributed by atoms with Gasteiger partial charge in [0.2, 0.25) is 5.91 Å². The highest BCUT2D eigenvalue weighted by atomic mass is 16.5. The standard InChI is InChI=1S/C19H22N2O2/c1-3-13-23-18-12-8-7-11-17(18)20-14-19(22)21-15(2)16-9-5-4-6-10-16/h3-12,15,20H,1,13-14H2,2H3,(H,21,22). The van der Waals surface area contributed by atoms with Gasteiger partial charge in [0.05, 0.1) is 18.3 Å². The third-order valence-corrected chi connectivity index (χ3v) is 3.36. The first-order chi connectivity index (χ1) is 11.2. The Balaban J connectivity index is 1.88. The number of carbonyl (C=O) groups excluding carboxylic acids is 1. The smallest absolute Gasteiger partial charge is 0.239 e. The second kappa shape index (κ2) is 8.63. The average molecular weight is 310 g/mol. The van der Waals surface area contributed by atoms with Crippen molar-refractivity contribution in [2.75, 3.05) is 18.5 Å². The molecule has 0 saturated carbocycles. The number of para-hydroxylation sites is 2. The van der Waals surface area contributed by atoms with Crippen molar-refractivity contribution < 1.29 is 9.53 Å². The minimum atomic E-state index is -0.0696. The van der Waals surface area contributed by atoms with Crippen LogP contribution in [0.25, 0.3) is 0 Å². The quantitative estimate of drug-likeness (QED) is 0.733. The van der Waals surface area contributed by atoms with E-state index in [9.17, 15) is 4.79 Å². The normalized spacial score (nSPS) is 11.3. The Morgan fingerprint density at radius 1 is 1.17 bits per heavy atom. The Kier molecular flexibility index (Phi) is 6.24. The van der Waals surface area contributed by atoms with Crippen molar-refractivity contribution in [3.8, 4) is 5.75 Å². The number of amides is 1. The molecule has 1 atom stereocenters. The molecule has 23 heavy (non-hydrogen) atoms. The fraction of sp³-hybridized carbons (Fsp3) is 0.211. The van der Waals surface area contributed by atoms with E-state index in [1.165, 1.54) is 0 Å². The largest absolute Gasteiger partial charge is 0.487 e. The van der Waals surface area contributed by atoms with Crippen LogP contribution in [0.1, 0.15) is 18.5 Å². The maximum atomic E-state index is 12.1. The molecular weight excluding hydrogens is 288 g/mol. The van der Waals surface area contributed by atoms with E-state index in [0.29, 0.717) is 12.4 Å². The lowest BCUT2D eigenvalue weighted by molar-refractivity contribution is -0.120. The maximum Gasteiger partial charge on any atom is 0.239 e. The molecule has 0 aliphatic heterocycles. The van der Waals surface area contributed by atoms with Gasteiger partial charge in [0.25, 0.3) is 0 Å². The number of nitrogens with one attached hydrogen (secondary N) is 2. The first-order valence-corrected chi connectivity index (χ1v) is 7.61. The van der Waals surface area contributed by atoms with E-state index in [4.69, 9.17) is 4.74 Å². The summed E-state index contributed by atoms with van der Waals surface area (Å²) >= 11 is 0. The van der Waals surface area contributed by atoms with Crippen LogP contribution in [0.2, 0.25) is 0 Å². The van der Waals surface area contributed by atoms with E-state index in [2.05, 4.69) is 17.2 Å². The SMILES string of the molecule is C=CCOc1ccccc1NCC(=O)NC(C)c1ccccc1. The monoisotopic (exact) mass is 310 g/mol. The Morgan fingerprint density at radius 3 is 2.61 bits per heavy atom. The first kappa shape index (κ1) is 16.6. The number of hydrogen-bond donors (Lipinski definition) is 2. The molecule has 1 unspecified atom stereocenters. The topological polar surface area (TPSA) is 50.4 Å². The molecule has 2 N–H and O–H groups in total. The second-order valence-corrected chi connectivity index (χ2v) is 5.15. The van der Waals surface area contributed by atoms with Gasteiger partial charge in [-0.1, -0.05) is 55.1 Å². The van der Waals surface area contributed by atoms with Crippen LogP contribution < -0.4 is 15.4 Å². The summed E-state index contributed by atoms with van der Waals surface area (Å²) in [6.45, 7) is 6.21. The molecule has 0 aliphatic carbocycles. The summed E-state index contributed by atoms with van der Waals surface area (Å²) in [4.78, 5) is 12.1. The molecule has 2 aromatic carbocycles. The molecule has 0 heterocycles. The molecule has 0 aromatic heterocycles. The van der Waals surface area contributed by atoms with Crippen LogP contribution in [0.15, 0.2) is 67.3 Å². The van der Waals surface area contributed by atoms with E-state index >= 15 is 0 Å². The van der Waals surface area contributed by atoms with Crippen molar-refractivity contribution in [2.24, 2.45) is 0 Å². The molecule has 2 aromatic rings. The van der Waals surface area contributed by atoms with Gasteiger partial charge in [-0.25, -0.2) is 0 Å². The van der Waals surface area contributed by atoms with Crippen molar-refractivity contribution in [2.45, 2.75) is 13.0 Å². The zero-order valence-corrected chi connectivity index (χ0v) is 13.3. The summed E-state index contributed by atoms with van der Waals surface area (Å²) in [6.07, 6.45) is 1.69. The van der Waals surface area contributed by atoms with Crippen LogP contribution in [-0.4, -0.2) is 19.1 Å². The van der Waals surface area contributed by atoms with Gasteiger partial charge >= 0.3 is 0 Å². The molecule has 120 valence electrons. The summed E-state index contributed by atoms with van der Waals surface area (Å²) in [6, 6.07) is 17.4. The molecule has 0 bridgehead atoms. The zero-order chi connectivity index (χ0) is 16.5. The Bertz CT molecular complexity index is 641. The predicted molar refractivity (Wildman–Crippen MR) is 93.6 cm³/mol. The molecule has 0 fully saturated rings. The minimum absolute atomic E-state index is 0.0299. The van der Waals surface area contributed by atoms with Crippen LogP contribution in [0.3, 0.4) is 0 Å². The lowest BCUT2D eigenvalue weighted by atomic mass is 10.1. The van der Waals surface area contributed by atoms with Crippen molar-refractivity contribution in [1.29, 1.82) is 0 Å². The predicted octanol–water partition coefficient (Wildman–Crippen LogP) is 3.54. The van der Waals surface area contributed by atoms with Crippen LogP contribution in [0, 0.1) is 0 Å². The molecule has 0 saturated heterocycles. The van der Waals surface area contributed by atoms with Gasteiger partial charge in [0.15, 0.2) is 0 Å². The highest BCUT2D eigenvalue weighted by Crippen LogP contribution is 2.23. The fourth-order valence-electron chi connectivity index (χ4n) is 2.18. The number of benzene rings is 2. The van der Waals surface area contributed by atoms with E-state index in [1.807, 2.05) is 61.5 Å². The summed E-state index contributed by atoms with van der Waals surface area (Å²) in [7, 11) is 0. The molecule has 4 heteroatoms. The van der Waals surface area contributed by atoms with Gasteiger partial charge in [-0.3, -0.25) is 4.79 Å². The number of ether oxygens (including phenoxy) is 1.